The van der Waals surface area contributed by atoms with Crippen molar-refractivity contribution in [3.05, 3.63) is 42.0 Å². The molecule has 70 valence electrons. The van der Waals surface area contributed by atoms with Crippen LogP contribution in [0.1, 0.15) is 25.3 Å². The first-order chi connectivity index (χ1) is 6.38. The summed E-state index contributed by atoms with van der Waals surface area (Å²) in [4.78, 5) is 0. The lowest BCUT2D eigenvalue weighted by Gasteiger charge is -2.03. The molecule has 2 N–H and O–H groups in total. The van der Waals surface area contributed by atoms with E-state index in [-0.39, 0.29) is 0 Å². The summed E-state index contributed by atoms with van der Waals surface area (Å²) in [5.41, 5.74) is 8.18. The van der Waals surface area contributed by atoms with Gasteiger partial charge in [-0.05, 0) is 30.5 Å². The highest BCUT2D eigenvalue weighted by molar-refractivity contribution is 5.65. The quantitative estimate of drug-likeness (QED) is 0.748. The lowest BCUT2D eigenvalue weighted by atomic mass is 10.0. The molecule has 0 saturated heterocycles. The van der Waals surface area contributed by atoms with Crippen molar-refractivity contribution < 1.29 is 0 Å². The Morgan fingerprint density at radius 2 is 2.00 bits per heavy atom. The third-order valence-corrected chi connectivity index (χ3v) is 2.08. The van der Waals surface area contributed by atoms with Crippen LogP contribution in [0.25, 0.3) is 5.57 Å². The maximum Gasteiger partial charge on any atom is -0.00424 e. The van der Waals surface area contributed by atoms with Gasteiger partial charge in [-0.1, -0.05) is 43.3 Å². The molecule has 0 aliphatic rings. The Morgan fingerprint density at radius 3 is 2.54 bits per heavy atom. The van der Waals surface area contributed by atoms with E-state index in [1.54, 1.807) is 0 Å². The Bertz CT molecular complexity index is 262. The highest BCUT2D eigenvalue weighted by atomic mass is 14.5. The summed E-state index contributed by atoms with van der Waals surface area (Å²) in [6.07, 6.45) is 4.28. The fraction of sp³-hybridized carbons (Fsp3) is 0.333. The van der Waals surface area contributed by atoms with Gasteiger partial charge in [0.2, 0.25) is 0 Å². The standard InChI is InChI=1S/C12H17N/c1-2-11(9-6-10-13)12-7-4-3-5-8-12/h3-5,7-9H,2,6,10,13H2,1H3. The molecule has 0 atom stereocenters. The lowest BCUT2D eigenvalue weighted by molar-refractivity contribution is 1.00. The van der Waals surface area contributed by atoms with Crippen molar-refractivity contribution in [2.24, 2.45) is 5.73 Å². The first-order valence-electron chi connectivity index (χ1n) is 4.83. The molecule has 0 fully saturated rings. The fourth-order valence-electron chi connectivity index (χ4n) is 1.38. The summed E-state index contributed by atoms with van der Waals surface area (Å²) in [6.45, 7) is 2.91. The third-order valence-electron chi connectivity index (χ3n) is 2.08. The first kappa shape index (κ1) is 10.0. The van der Waals surface area contributed by atoms with Gasteiger partial charge in [-0.2, -0.15) is 0 Å². The van der Waals surface area contributed by atoms with E-state index in [1.165, 1.54) is 11.1 Å². The van der Waals surface area contributed by atoms with Crippen molar-refractivity contribution in [3.8, 4) is 0 Å². The molecule has 1 aromatic carbocycles. The van der Waals surface area contributed by atoms with Crippen molar-refractivity contribution in [1.82, 2.24) is 0 Å². The summed E-state index contributed by atoms with van der Waals surface area (Å²) in [5.74, 6) is 0. The highest BCUT2D eigenvalue weighted by Gasteiger charge is 1.95. The summed E-state index contributed by atoms with van der Waals surface area (Å²) in [5, 5.41) is 0. The summed E-state index contributed by atoms with van der Waals surface area (Å²) in [6, 6.07) is 10.5. The number of benzene rings is 1. The smallest absolute Gasteiger partial charge is 0.00424 e. The molecule has 0 amide bonds. The van der Waals surface area contributed by atoms with Crippen molar-refractivity contribution >= 4 is 5.57 Å². The Balaban J connectivity index is 2.78. The predicted octanol–water partition coefficient (Wildman–Crippen LogP) is 2.83. The molecule has 0 aliphatic heterocycles. The number of nitrogens with two attached hydrogens (primary N) is 1. The van der Waals surface area contributed by atoms with Crippen molar-refractivity contribution in [2.45, 2.75) is 19.8 Å². The van der Waals surface area contributed by atoms with Crippen LogP contribution in [-0.2, 0) is 0 Å². The van der Waals surface area contributed by atoms with Crippen LogP contribution in [0.4, 0.5) is 0 Å². The predicted molar refractivity (Wildman–Crippen MR) is 58.4 cm³/mol. The van der Waals surface area contributed by atoms with Crippen molar-refractivity contribution in [1.29, 1.82) is 0 Å². The topological polar surface area (TPSA) is 26.0 Å². The van der Waals surface area contributed by atoms with Crippen LogP contribution in [0, 0.1) is 0 Å². The zero-order valence-corrected chi connectivity index (χ0v) is 8.16. The normalized spacial score (nSPS) is 11.7. The second kappa shape index (κ2) is 5.55. The van der Waals surface area contributed by atoms with Gasteiger partial charge in [0, 0.05) is 0 Å². The van der Waals surface area contributed by atoms with E-state index in [0.29, 0.717) is 0 Å². The van der Waals surface area contributed by atoms with Gasteiger partial charge < -0.3 is 5.73 Å². The minimum Gasteiger partial charge on any atom is -0.330 e. The number of allylic oxidation sites excluding steroid dienone is 1. The van der Waals surface area contributed by atoms with Crippen LogP contribution in [-0.4, -0.2) is 6.54 Å². The zero-order chi connectivity index (χ0) is 9.52. The van der Waals surface area contributed by atoms with Crippen molar-refractivity contribution in [3.63, 3.8) is 0 Å². The van der Waals surface area contributed by atoms with Crippen LogP contribution in [0.3, 0.4) is 0 Å². The van der Waals surface area contributed by atoms with E-state index in [4.69, 9.17) is 5.73 Å². The van der Waals surface area contributed by atoms with Gasteiger partial charge in [0.15, 0.2) is 0 Å². The van der Waals surface area contributed by atoms with E-state index in [1.807, 2.05) is 6.07 Å². The second-order valence-electron chi connectivity index (χ2n) is 3.03. The Hall–Kier alpha value is -1.08. The van der Waals surface area contributed by atoms with Gasteiger partial charge in [-0.3, -0.25) is 0 Å². The molecule has 1 rings (SSSR count). The van der Waals surface area contributed by atoms with Gasteiger partial charge in [-0.15, -0.1) is 0 Å². The van der Waals surface area contributed by atoms with Crippen LogP contribution in [0.5, 0.6) is 0 Å². The summed E-state index contributed by atoms with van der Waals surface area (Å²) in [7, 11) is 0. The molecular weight excluding hydrogens is 158 g/mol. The summed E-state index contributed by atoms with van der Waals surface area (Å²) >= 11 is 0. The van der Waals surface area contributed by atoms with E-state index < -0.39 is 0 Å². The van der Waals surface area contributed by atoms with Gasteiger partial charge in [0.25, 0.3) is 0 Å². The zero-order valence-electron chi connectivity index (χ0n) is 8.16. The molecule has 0 aliphatic carbocycles. The van der Waals surface area contributed by atoms with E-state index in [0.717, 1.165) is 19.4 Å². The molecule has 0 heterocycles. The molecular formula is C12H17N. The fourth-order valence-corrected chi connectivity index (χ4v) is 1.38. The van der Waals surface area contributed by atoms with Crippen LogP contribution >= 0.6 is 0 Å². The Kier molecular flexibility index (Phi) is 4.27. The van der Waals surface area contributed by atoms with E-state index in [2.05, 4.69) is 37.3 Å². The summed E-state index contributed by atoms with van der Waals surface area (Å²) < 4.78 is 0. The lowest BCUT2D eigenvalue weighted by Crippen LogP contribution is -1.96. The van der Waals surface area contributed by atoms with Gasteiger partial charge in [0.1, 0.15) is 0 Å². The monoisotopic (exact) mass is 175 g/mol. The average molecular weight is 175 g/mol. The maximum absolute atomic E-state index is 5.47. The molecule has 1 heteroatoms. The van der Waals surface area contributed by atoms with Gasteiger partial charge in [-0.25, -0.2) is 0 Å². The van der Waals surface area contributed by atoms with Gasteiger partial charge in [0.05, 0.1) is 0 Å². The van der Waals surface area contributed by atoms with Crippen LogP contribution in [0.2, 0.25) is 0 Å². The van der Waals surface area contributed by atoms with Gasteiger partial charge >= 0.3 is 0 Å². The highest BCUT2D eigenvalue weighted by Crippen LogP contribution is 2.17. The molecule has 0 saturated carbocycles. The maximum atomic E-state index is 5.47. The van der Waals surface area contributed by atoms with E-state index >= 15 is 0 Å². The molecule has 1 aromatic rings. The minimum atomic E-state index is 0.732. The molecule has 13 heavy (non-hydrogen) atoms. The SMILES string of the molecule is CCC(=CCCN)c1ccccc1. The minimum absolute atomic E-state index is 0.732. The molecule has 0 unspecified atom stereocenters. The second-order valence-corrected chi connectivity index (χ2v) is 3.03. The average Bonchev–Trinajstić information content (AvgIpc) is 2.21. The molecule has 0 aromatic heterocycles. The Morgan fingerprint density at radius 1 is 1.31 bits per heavy atom. The third kappa shape index (κ3) is 3.03. The van der Waals surface area contributed by atoms with E-state index in [9.17, 15) is 0 Å². The molecule has 0 bridgehead atoms. The largest absolute Gasteiger partial charge is 0.330 e. The molecule has 1 nitrogen and oxygen atoms in total. The first-order valence-corrected chi connectivity index (χ1v) is 4.83. The van der Waals surface area contributed by atoms with Crippen LogP contribution in [0.15, 0.2) is 36.4 Å². The number of rotatable bonds is 4. The molecule has 0 spiro atoms. The Labute approximate surface area is 80.3 Å². The van der Waals surface area contributed by atoms with Crippen molar-refractivity contribution in [2.75, 3.05) is 6.54 Å². The van der Waals surface area contributed by atoms with Crippen LogP contribution < -0.4 is 5.73 Å². The number of hydrogen-bond acceptors (Lipinski definition) is 1. The number of hydrogen-bond donors (Lipinski definition) is 1. The molecule has 0 radical (unpaired) electrons.